The molecule has 0 spiro atoms. The van der Waals surface area contributed by atoms with E-state index in [1.165, 1.54) is 5.57 Å². The molecule has 4 aliphatic rings. The van der Waals surface area contributed by atoms with Crippen molar-refractivity contribution in [2.24, 2.45) is 34.5 Å². The highest BCUT2D eigenvalue weighted by Crippen LogP contribution is 2.65. The number of aliphatic hydroxyl groups excluding tert-OH is 2. The van der Waals surface area contributed by atoms with Crippen molar-refractivity contribution in [2.75, 3.05) is 0 Å². The maximum atomic E-state index is 13.0. The smallest absolute Gasteiger partial charge is 0.159 e. The first-order valence-corrected chi connectivity index (χ1v) is 10.0. The minimum absolute atomic E-state index is 0.0316. The van der Waals surface area contributed by atoms with Gasteiger partial charge in [-0.2, -0.15) is 0 Å². The summed E-state index contributed by atoms with van der Waals surface area (Å²) in [6, 6.07) is 0. The number of allylic oxidation sites excluding steroid dienone is 3. The zero-order chi connectivity index (χ0) is 18.9. The molecule has 4 nitrogen and oxygen atoms in total. The highest BCUT2D eigenvalue weighted by Gasteiger charge is 2.60. The van der Waals surface area contributed by atoms with Crippen LogP contribution in [0.15, 0.2) is 24.3 Å². The van der Waals surface area contributed by atoms with Gasteiger partial charge in [-0.05, 0) is 73.3 Å². The highest BCUT2D eigenvalue weighted by atomic mass is 16.3. The number of hydrogen-bond donors (Lipinski definition) is 3. The molecule has 26 heavy (non-hydrogen) atoms. The van der Waals surface area contributed by atoms with Gasteiger partial charge in [0.1, 0.15) is 0 Å². The number of aliphatic hydroxyl groups is 2. The lowest BCUT2D eigenvalue weighted by molar-refractivity contribution is -0.142. The van der Waals surface area contributed by atoms with Gasteiger partial charge in [0.2, 0.25) is 0 Å². The standard InChI is InChI=1S/C22H31NO3/c1-4-17(23)15-6-5-13-12-9-18(24)16-10-19(25)20(26)11-22(16,3)14(12)7-8-21(13,15)2/h4,9,13-16,19-20,23,25-26H,1,5-8,10-11H2,2-3H3/t13?,14?,15-,16?,19-,20+,21+,22-/m1/s1. The Labute approximate surface area is 155 Å². The molecule has 0 bridgehead atoms. The molecule has 8 atom stereocenters. The number of hydrogen-bond acceptors (Lipinski definition) is 4. The zero-order valence-corrected chi connectivity index (χ0v) is 15.9. The summed E-state index contributed by atoms with van der Waals surface area (Å²) in [5, 5.41) is 28.7. The van der Waals surface area contributed by atoms with Gasteiger partial charge in [-0.3, -0.25) is 4.79 Å². The fourth-order valence-corrected chi connectivity index (χ4v) is 7.05. The Morgan fingerprint density at radius 2 is 1.85 bits per heavy atom. The van der Waals surface area contributed by atoms with Gasteiger partial charge in [0.05, 0.1) is 12.2 Å². The van der Waals surface area contributed by atoms with Crippen LogP contribution in [0.3, 0.4) is 0 Å². The molecular weight excluding hydrogens is 326 g/mol. The fourth-order valence-electron chi connectivity index (χ4n) is 7.05. The van der Waals surface area contributed by atoms with Crippen LogP contribution >= 0.6 is 0 Å². The summed E-state index contributed by atoms with van der Waals surface area (Å²) in [5.74, 6) is 0.837. The van der Waals surface area contributed by atoms with E-state index >= 15 is 0 Å². The normalized spacial score (nSPS) is 50.3. The fraction of sp³-hybridized carbons (Fsp3) is 0.727. The summed E-state index contributed by atoms with van der Waals surface area (Å²) in [4.78, 5) is 13.0. The third-order valence-corrected chi connectivity index (χ3v) is 8.52. The van der Waals surface area contributed by atoms with Crippen molar-refractivity contribution in [1.29, 1.82) is 5.41 Å². The molecule has 0 heterocycles. The first-order chi connectivity index (χ1) is 12.2. The van der Waals surface area contributed by atoms with Gasteiger partial charge in [-0.1, -0.05) is 26.0 Å². The predicted molar refractivity (Wildman–Crippen MR) is 101 cm³/mol. The van der Waals surface area contributed by atoms with Crippen molar-refractivity contribution < 1.29 is 15.0 Å². The highest BCUT2D eigenvalue weighted by molar-refractivity contribution is 5.96. The monoisotopic (exact) mass is 357 g/mol. The number of rotatable bonds is 2. The Morgan fingerprint density at radius 1 is 1.15 bits per heavy atom. The van der Waals surface area contributed by atoms with Crippen molar-refractivity contribution in [3.8, 4) is 0 Å². The number of carbonyl (C=O) groups is 1. The van der Waals surface area contributed by atoms with Gasteiger partial charge in [0.15, 0.2) is 5.78 Å². The predicted octanol–water partition coefficient (Wildman–Crippen LogP) is 3.28. The van der Waals surface area contributed by atoms with Gasteiger partial charge in [-0.25, -0.2) is 0 Å². The van der Waals surface area contributed by atoms with Gasteiger partial charge in [0.25, 0.3) is 0 Å². The molecule has 0 aliphatic heterocycles. The molecule has 3 N–H and O–H groups in total. The third-order valence-electron chi connectivity index (χ3n) is 8.52. The topological polar surface area (TPSA) is 81.4 Å². The summed E-state index contributed by atoms with van der Waals surface area (Å²) in [7, 11) is 0. The lowest BCUT2D eigenvalue weighted by Gasteiger charge is -2.57. The van der Waals surface area contributed by atoms with E-state index in [9.17, 15) is 15.0 Å². The van der Waals surface area contributed by atoms with Crippen LogP contribution in [0.5, 0.6) is 0 Å². The molecule has 0 aromatic rings. The molecule has 142 valence electrons. The van der Waals surface area contributed by atoms with E-state index in [1.54, 1.807) is 6.08 Å². The van der Waals surface area contributed by atoms with E-state index in [1.807, 2.05) is 6.08 Å². The molecule has 3 saturated carbocycles. The van der Waals surface area contributed by atoms with Gasteiger partial charge < -0.3 is 15.6 Å². The maximum absolute atomic E-state index is 13.0. The van der Waals surface area contributed by atoms with E-state index in [4.69, 9.17) is 5.41 Å². The largest absolute Gasteiger partial charge is 0.390 e. The number of ketones is 1. The lowest BCUT2D eigenvalue weighted by Crippen LogP contribution is -2.55. The second kappa shape index (κ2) is 5.87. The van der Waals surface area contributed by atoms with Crippen LogP contribution < -0.4 is 0 Å². The quantitative estimate of drug-likeness (QED) is 0.663. The lowest BCUT2D eigenvalue weighted by atomic mass is 9.47. The first-order valence-electron chi connectivity index (χ1n) is 10.0. The molecule has 3 fully saturated rings. The summed E-state index contributed by atoms with van der Waals surface area (Å²) in [5.41, 5.74) is 1.68. The van der Waals surface area contributed by atoms with Crippen LogP contribution in [0.1, 0.15) is 52.4 Å². The van der Waals surface area contributed by atoms with E-state index in [2.05, 4.69) is 20.4 Å². The number of fused-ring (bicyclic) bond motifs is 5. The average molecular weight is 357 g/mol. The minimum Gasteiger partial charge on any atom is -0.390 e. The van der Waals surface area contributed by atoms with E-state index in [-0.39, 0.29) is 28.4 Å². The van der Waals surface area contributed by atoms with Crippen molar-refractivity contribution in [3.63, 3.8) is 0 Å². The van der Waals surface area contributed by atoms with E-state index in [0.717, 1.165) is 25.7 Å². The summed E-state index contributed by atoms with van der Waals surface area (Å²) in [6.07, 6.45) is 7.00. The molecular formula is C22H31NO3. The van der Waals surface area contributed by atoms with E-state index in [0.29, 0.717) is 30.4 Å². The Bertz CT molecular complexity index is 698. The molecule has 4 heteroatoms. The van der Waals surface area contributed by atoms with Crippen LogP contribution in [-0.2, 0) is 4.79 Å². The molecule has 3 unspecified atom stereocenters. The Balaban J connectivity index is 1.73. The summed E-state index contributed by atoms with van der Waals surface area (Å²) < 4.78 is 0. The molecule has 0 aromatic heterocycles. The van der Waals surface area contributed by atoms with Crippen molar-refractivity contribution in [1.82, 2.24) is 0 Å². The molecule has 4 aliphatic carbocycles. The molecule has 0 saturated heterocycles. The van der Waals surface area contributed by atoms with Crippen LogP contribution in [0.2, 0.25) is 0 Å². The minimum atomic E-state index is -0.787. The van der Waals surface area contributed by atoms with Crippen molar-refractivity contribution >= 4 is 11.5 Å². The van der Waals surface area contributed by atoms with Gasteiger partial charge in [0, 0.05) is 17.5 Å². The average Bonchev–Trinajstić information content (AvgIpc) is 2.94. The van der Waals surface area contributed by atoms with Gasteiger partial charge in [-0.15, -0.1) is 0 Å². The second-order valence-electron chi connectivity index (χ2n) is 9.62. The second-order valence-corrected chi connectivity index (χ2v) is 9.62. The van der Waals surface area contributed by atoms with Crippen molar-refractivity contribution in [3.05, 3.63) is 24.3 Å². The molecule has 4 rings (SSSR count). The number of carbonyl (C=O) groups excluding carboxylic acids is 1. The zero-order valence-electron chi connectivity index (χ0n) is 15.9. The third kappa shape index (κ3) is 2.27. The number of nitrogens with one attached hydrogen (secondary N) is 1. The Kier molecular flexibility index (Phi) is 4.09. The summed E-state index contributed by atoms with van der Waals surface area (Å²) in [6.45, 7) is 8.25. The van der Waals surface area contributed by atoms with Crippen LogP contribution in [0, 0.1) is 39.9 Å². The molecule has 0 radical (unpaired) electrons. The van der Waals surface area contributed by atoms with Crippen LogP contribution in [0.25, 0.3) is 0 Å². The maximum Gasteiger partial charge on any atom is 0.159 e. The Hall–Kier alpha value is -1.26. The molecule has 0 amide bonds. The Morgan fingerprint density at radius 3 is 2.54 bits per heavy atom. The van der Waals surface area contributed by atoms with Crippen LogP contribution in [0.4, 0.5) is 0 Å². The molecule has 0 aromatic carbocycles. The summed E-state index contributed by atoms with van der Waals surface area (Å²) >= 11 is 0. The first kappa shape index (κ1) is 18.1. The van der Waals surface area contributed by atoms with E-state index < -0.39 is 12.2 Å². The SMILES string of the molecule is C=CC(=N)[C@H]1CCC2C3=CC(=O)C4C[C@@H](O)[C@@H](O)C[C@]4(C)C3CC[C@@]21C. The van der Waals surface area contributed by atoms with Crippen LogP contribution in [-0.4, -0.2) is 33.9 Å². The van der Waals surface area contributed by atoms with Gasteiger partial charge >= 0.3 is 0 Å². The van der Waals surface area contributed by atoms with Crippen molar-refractivity contribution in [2.45, 2.75) is 64.6 Å².